The monoisotopic (exact) mass is 584 g/mol. The van der Waals surface area contributed by atoms with Crippen LogP contribution in [-0.4, -0.2) is 34.1 Å². The number of amides is 2. The van der Waals surface area contributed by atoms with Crippen LogP contribution in [0.4, 0.5) is 11.4 Å². The summed E-state index contributed by atoms with van der Waals surface area (Å²) in [5, 5.41) is 29.2. The standard InChI is InChI=1S/C24H14Cl2N6O8/c25-19-9-13(31(35)36)1-5-17(19)21-7-3-15(39-21)11-27-29-23(33)24(34)30-28-12-16-4-8-22(40-16)18-6-2-14(32(37)38)10-20(18)26/h1-12H,(H,29,33)(H,30,34)/b27-11+,28-12+. The van der Waals surface area contributed by atoms with Gasteiger partial charge in [-0.05, 0) is 36.4 Å². The van der Waals surface area contributed by atoms with Crippen molar-refractivity contribution in [2.75, 3.05) is 0 Å². The number of nitro groups is 2. The predicted octanol–water partition coefficient (Wildman–Crippen LogP) is 4.93. The summed E-state index contributed by atoms with van der Waals surface area (Å²) in [5.74, 6) is -1.25. The van der Waals surface area contributed by atoms with Crippen molar-refractivity contribution in [3.63, 3.8) is 0 Å². The minimum absolute atomic E-state index is 0.110. The SMILES string of the molecule is O=C(N/N=C/c1ccc(-c2ccc([N+](=O)[O-])cc2Cl)o1)C(=O)N/N=C/c1ccc(-c2ccc([N+](=O)[O-])cc2Cl)o1. The van der Waals surface area contributed by atoms with Crippen molar-refractivity contribution in [3.05, 3.63) is 102 Å². The average Bonchev–Trinajstić information content (AvgIpc) is 3.58. The van der Waals surface area contributed by atoms with E-state index in [0.717, 1.165) is 12.4 Å². The quantitative estimate of drug-likeness (QED) is 0.126. The summed E-state index contributed by atoms with van der Waals surface area (Å²) in [6.45, 7) is 0. The van der Waals surface area contributed by atoms with Crippen LogP contribution < -0.4 is 10.9 Å². The number of hydrogen-bond donors (Lipinski definition) is 2. The van der Waals surface area contributed by atoms with Gasteiger partial charge in [0.15, 0.2) is 0 Å². The van der Waals surface area contributed by atoms with Crippen molar-refractivity contribution in [1.29, 1.82) is 0 Å². The van der Waals surface area contributed by atoms with E-state index in [1.54, 1.807) is 12.1 Å². The third kappa shape index (κ3) is 6.56. The fourth-order valence-electron chi connectivity index (χ4n) is 3.18. The Morgan fingerprint density at radius 2 is 1.10 bits per heavy atom. The summed E-state index contributed by atoms with van der Waals surface area (Å²) in [5.41, 5.74) is 4.48. The number of carbonyl (C=O) groups is 2. The minimum Gasteiger partial charge on any atom is -0.455 e. The molecule has 2 N–H and O–H groups in total. The number of benzene rings is 2. The Labute approximate surface area is 233 Å². The number of nitrogens with one attached hydrogen (secondary N) is 2. The van der Waals surface area contributed by atoms with Crippen molar-refractivity contribution in [3.8, 4) is 22.6 Å². The molecular formula is C24H14Cl2N6O8. The molecule has 202 valence electrons. The highest BCUT2D eigenvalue weighted by Gasteiger charge is 2.15. The van der Waals surface area contributed by atoms with Crippen molar-refractivity contribution >= 4 is 58.8 Å². The largest absolute Gasteiger partial charge is 0.455 e. The van der Waals surface area contributed by atoms with Gasteiger partial charge in [0.1, 0.15) is 23.0 Å². The number of hydrazone groups is 2. The van der Waals surface area contributed by atoms with E-state index < -0.39 is 21.7 Å². The molecule has 40 heavy (non-hydrogen) atoms. The first kappa shape index (κ1) is 27.7. The van der Waals surface area contributed by atoms with Crippen molar-refractivity contribution in [2.24, 2.45) is 10.2 Å². The molecule has 0 unspecified atom stereocenters. The lowest BCUT2D eigenvalue weighted by Crippen LogP contribution is -2.35. The zero-order valence-corrected chi connectivity index (χ0v) is 21.3. The summed E-state index contributed by atoms with van der Waals surface area (Å²) in [6, 6.07) is 13.9. The van der Waals surface area contributed by atoms with Gasteiger partial charge < -0.3 is 8.83 Å². The second-order valence-electron chi connectivity index (χ2n) is 7.64. The molecule has 0 fully saturated rings. The Balaban J connectivity index is 1.29. The smallest absolute Gasteiger partial charge is 0.331 e. The topological polar surface area (TPSA) is 195 Å². The molecule has 0 saturated carbocycles. The van der Waals surface area contributed by atoms with Gasteiger partial charge in [-0.3, -0.25) is 29.8 Å². The summed E-state index contributed by atoms with van der Waals surface area (Å²) >= 11 is 12.2. The van der Waals surface area contributed by atoms with Crippen LogP contribution in [-0.2, 0) is 9.59 Å². The van der Waals surface area contributed by atoms with Crippen LogP contribution in [0.5, 0.6) is 0 Å². The van der Waals surface area contributed by atoms with Crippen LogP contribution >= 0.6 is 23.2 Å². The van der Waals surface area contributed by atoms with Crippen molar-refractivity contribution < 1.29 is 28.3 Å². The summed E-state index contributed by atoms with van der Waals surface area (Å²) in [4.78, 5) is 44.4. The zero-order valence-electron chi connectivity index (χ0n) is 19.7. The molecule has 0 aliphatic heterocycles. The molecule has 4 aromatic rings. The van der Waals surface area contributed by atoms with Crippen LogP contribution in [0.3, 0.4) is 0 Å². The highest BCUT2D eigenvalue weighted by atomic mass is 35.5. The van der Waals surface area contributed by atoms with E-state index in [2.05, 4.69) is 10.2 Å². The third-order valence-electron chi connectivity index (χ3n) is 5.03. The maximum Gasteiger partial charge on any atom is 0.331 e. The van der Waals surface area contributed by atoms with E-state index in [9.17, 15) is 29.8 Å². The minimum atomic E-state index is -1.13. The molecule has 2 aromatic heterocycles. The summed E-state index contributed by atoms with van der Waals surface area (Å²) < 4.78 is 11.1. The zero-order chi connectivity index (χ0) is 28.8. The molecule has 2 amide bonds. The summed E-state index contributed by atoms with van der Waals surface area (Å²) in [6.07, 6.45) is 2.26. The van der Waals surface area contributed by atoms with E-state index in [0.29, 0.717) is 22.6 Å². The van der Waals surface area contributed by atoms with Gasteiger partial charge in [-0.25, -0.2) is 10.9 Å². The van der Waals surface area contributed by atoms with Crippen LogP contribution in [0.25, 0.3) is 22.6 Å². The predicted molar refractivity (Wildman–Crippen MR) is 143 cm³/mol. The first-order valence-electron chi connectivity index (χ1n) is 10.9. The van der Waals surface area contributed by atoms with E-state index in [4.69, 9.17) is 32.0 Å². The Morgan fingerprint density at radius 1 is 0.700 bits per heavy atom. The van der Waals surface area contributed by atoms with Crippen molar-refractivity contribution in [1.82, 2.24) is 10.9 Å². The van der Waals surface area contributed by atoms with E-state index in [1.165, 1.54) is 48.5 Å². The number of halogens is 2. The number of non-ortho nitro benzene ring substituents is 2. The first-order chi connectivity index (χ1) is 19.1. The Morgan fingerprint density at radius 3 is 1.45 bits per heavy atom. The van der Waals surface area contributed by atoms with Crippen LogP contribution in [0, 0.1) is 20.2 Å². The van der Waals surface area contributed by atoms with E-state index >= 15 is 0 Å². The molecule has 0 bridgehead atoms. The van der Waals surface area contributed by atoms with Gasteiger partial charge in [0.05, 0.1) is 32.3 Å². The molecule has 0 atom stereocenters. The van der Waals surface area contributed by atoms with Gasteiger partial charge in [0.2, 0.25) is 0 Å². The molecule has 0 spiro atoms. The molecular weight excluding hydrogens is 571 g/mol. The highest BCUT2D eigenvalue weighted by molar-refractivity contribution is 6.35. The third-order valence-corrected chi connectivity index (χ3v) is 5.66. The van der Waals surface area contributed by atoms with Gasteiger partial charge in [0, 0.05) is 35.4 Å². The van der Waals surface area contributed by atoms with Crippen LogP contribution in [0.1, 0.15) is 11.5 Å². The van der Waals surface area contributed by atoms with Gasteiger partial charge in [0.25, 0.3) is 11.4 Å². The van der Waals surface area contributed by atoms with E-state index in [1.807, 2.05) is 10.9 Å². The lowest BCUT2D eigenvalue weighted by Gasteiger charge is -2.00. The Bertz CT molecular complexity index is 1570. The number of nitro benzene ring substituents is 2. The fourth-order valence-corrected chi connectivity index (χ4v) is 3.72. The first-order valence-corrected chi connectivity index (χ1v) is 11.6. The number of hydrogen-bond acceptors (Lipinski definition) is 10. The van der Waals surface area contributed by atoms with E-state index in [-0.39, 0.29) is 32.9 Å². The summed E-state index contributed by atoms with van der Waals surface area (Å²) in [7, 11) is 0. The number of furan rings is 2. The lowest BCUT2D eigenvalue weighted by atomic mass is 10.1. The molecule has 16 heteroatoms. The Kier molecular flexibility index (Phi) is 8.32. The van der Waals surface area contributed by atoms with Gasteiger partial charge >= 0.3 is 11.8 Å². The molecule has 0 aliphatic rings. The van der Waals surface area contributed by atoms with Gasteiger partial charge in [-0.1, -0.05) is 23.2 Å². The second kappa shape index (κ2) is 12.0. The number of rotatable bonds is 8. The van der Waals surface area contributed by atoms with Crippen LogP contribution in [0.15, 0.2) is 79.7 Å². The second-order valence-corrected chi connectivity index (χ2v) is 8.46. The lowest BCUT2D eigenvalue weighted by molar-refractivity contribution is -0.385. The normalized spacial score (nSPS) is 11.2. The molecule has 0 saturated heterocycles. The average molecular weight is 585 g/mol. The van der Waals surface area contributed by atoms with Crippen molar-refractivity contribution in [2.45, 2.75) is 0 Å². The molecule has 0 radical (unpaired) electrons. The number of carbonyl (C=O) groups excluding carboxylic acids is 2. The van der Waals surface area contributed by atoms with Gasteiger partial charge in [-0.15, -0.1) is 0 Å². The highest BCUT2D eigenvalue weighted by Crippen LogP contribution is 2.33. The molecule has 4 rings (SSSR count). The Hall–Kier alpha value is -5.34. The molecule has 14 nitrogen and oxygen atoms in total. The molecule has 2 aromatic carbocycles. The number of nitrogens with zero attached hydrogens (tertiary/aromatic N) is 4. The maximum atomic E-state index is 11.9. The molecule has 2 heterocycles. The fraction of sp³-hybridized carbons (Fsp3) is 0. The maximum absolute atomic E-state index is 11.9. The van der Waals surface area contributed by atoms with Crippen LogP contribution in [0.2, 0.25) is 10.0 Å². The molecule has 0 aliphatic carbocycles. The van der Waals surface area contributed by atoms with Gasteiger partial charge in [-0.2, -0.15) is 10.2 Å².